The molecule has 94 valence electrons. The zero-order valence-electron chi connectivity index (χ0n) is 10.5. The molecule has 18 heavy (non-hydrogen) atoms. The Labute approximate surface area is 107 Å². The van der Waals surface area contributed by atoms with Crippen LogP contribution < -0.4 is 0 Å². The molecule has 0 spiro atoms. The molecule has 1 N–H and O–H groups in total. The van der Waals surface area contributed by atoms with Crippen molar-refractivity contribution in [2.45, 2.75) is 43.4 Å². The van der Waals surface area contributed by atoms with Gasteiger partial charge in [0, 0.05) is 18.3 Å². The maximum atomic E-state index is 10.9. The predicted octanol–water partition coefficient (Wildman–Crippen LogP) is 1.40. The molecule has 3 heterocycles. The van der Waals surface area contributed by atoms with Crippen LogP contribution in [-0.4, -0.2) is 34.1 Å². The van der Waals surface area contributed by atoms with E-state index in [1.807, 2.05) is 12.1 Å². The summed E-state index contributed by atoms with van der Waals surface area (Å²) in [5, 5.41) is 19.8. The van der Waals surface area contributed by atoms with Crippen LogP contribution in [0.2, 0.25) is 0 Å². The first-order chi connectivity index (χ1) is 8.62. The average Bonchev–Trinajstić information content (AvgIpc) is 2.63. The van der Waals surface area contributed by atoms with Crippen molar-refractivity contribution in [2.75, 3.05) is 7.05 Å². The average molecular weight is 243 g/mol. The molecule has 2 aliphatic heterocycles. The molecular formula is C14H17N3O. The number of pyridine rings is 1. The summed E-state index contributed by atoms with van der Waals surface area (Å²) in [7, 11) is 2.15. The lowest BCUT2D eigenvalue weighted by Crippen LogP contribution is -2.47. The third-order valence-electron chi connectivity index (χ3n) is 4.54. The van der Waals surface area contributed by atoms with Gasteiger partial charge >= 0.3 is 0 Å². The standard InChI is InChI=1S/C14H17N3O/c1-17-12-2-3-13(17)8-14(18,7-12)10-4-5-16-11(6-10)9-15/h4-6,12-13,18H,2-3,7-8H2,1H3. The first kappa shape index (κ1) is 11.6. The highest BCUT2D eigenvalue weighted by molar-refractivity contribution is 5.30. The van der Waals surface area contributed by atoms with E-state index in [-0.39, 0.29) is 0 Å². The lowest BCUT2D eigenvalue weighted by Gasteiger charge is -2.42. The van der Waals surface area contributed by atoms with E-state index < -0.39 is 5.60 Å². The maximum Gasteiger partial charge on any atom is 0.140 e. The number of aromatic nitrogens is 1. The van der Waals surface area contributed by atoms with Crippen LogP contribution >= 0.6 is 0 Å². The number of piperidine rings is 1. The third-order valence-corrected chi connectivity index (χ3v) is 4.54. The molecular weight excluding hydrogens is 226 g/mol. The minimum atomic E-state index is -0.785. The highest BCUT2D eigenvalue weighted by atomic mass is 16.3. The van der Waals surface area contributed by atoms with E-state index in [2.05, 4.69) is 16.9 Å². The Kier molecular flexibility index (Phi) is 2.61. The Morgan fingerprint density at radius 1 is 1.44 bits per heavy atom. The van der Waals surface area contributed by atoms with Gasteiger partial charge in [0.25, 0.3) is 0 Å². The molecule has 2 saturated heterocycles. The molecule has 2 fully saturated rings. The highest BCUT2D eigenvalue weighted by Gasteiger charge is 2.46. The topological polar surface area (TPSA) is 60.1 Å². The second-order valence-electron chi connectivity index (χ2n) is 5.53. The van der Waals surface area contributed by atoms with E-state index in [0.29, 0.717) is 17.8 Å². The molecule has 0 amide bonds. The molecule has 2 aliphatic rings. The Hall–Kier alpha value is -1.44. The number of fused-ring (bicyclic) bond motifs is 2. The second kappa shape index (κ2) is 4.04. The minimum absolute atomic E-state index is 0.382. The van der Waals surface area contributed by atoms with Crippen LogP contribution in [0.25, 0.3) is 0 Å². The van der Waals surface area contributed by atoms with Gasteiger partial charge in [0.2, 0.25) is 0 Å². The second-order valence-corrected chi connectivity index (χ2v) is 5.53. The summed E-state index contributed by atoms with van der Waals surface area (Å²) >= 11 is 0. The van der Waals surface area contributed by atoms with Crippen LogP contribution in [0, 0.1) is 11.3 Å². The van der Waals surface area contributed by atoms with Crippen LogP contribution in [0.15, 0.2) is 18.3 Å². The van der Waals surface area contributed by atoms with Gasteiger partial charge in [0.05, 0.1) is 5.60 Å². The van der Waals surface area contributed by atoms with Gasteiger partial charge in [-0.2, -0.15) is 5.26 Å². The minimum Gasteiger partial charge on any atom is -0.385 e. The van der Waals surface area contributed by atoms with Crippen LogP contribution in [0.5, 0.6) is 0 Å². The summed E-state index contributed by atoms with van der Waals surface area (Å²) < 4.78 is 0. The Morgan fingerprint density at radius 2 is 2.11 bits per heavy atom. The van der Waals surface area contributed by atoms with Gasteiger partial charge in [-0.25, -0.2) is 4.98 Å². The summed E-state index contributed by atoms with van der Waals surface area (Å²) in [6, 6.07) is 6.53. The van der Waals surface area contributed by atoms with E-state index in [4.69, 9.17) is 5.26 Å². The summed E-state index contributed by atoms with van der Waals surface area (Å²) in [5.74, 6) is 0. The molecule has 0 radical (unpaired) electrons. The monoisotopic (exact) mass is 243 g/mol. The van der Waals surface area contributed by atoms with E-state index in [1.54, 1.807) is 12.3 Å². The molecule has 0 aromatic carbocycles. The summed E-state index contributed by atoms with van der Waals surface area (Å²) in [6.07, 6.45) is 5.47. The van der Waals surface area contributed by atoms with Gasteiger partial charge in [0.1, 0.15) is 11.8 Å². The fraction of sp³-hybridized carbons (Fsp3) is 0.571. The van der Waals surface area contributed by atoms with E-state index in [0.717, 1.165) is 18.4 Å². The highest BCUT2D eigenvalue weighted by Crippen LogP contribution is 2.44. The molecule has 2 bridgehead atoms. The van der Waals surface area contributed by atoms with Crippen molar-refractivity contribution >= 4 is 0 Å². The normalized spacial score (nSPS) is 35.4. The molecule has 4 heteroatoms. The van der Waals surface area contributed by atoms with E-state index in [9.17, 15) is 5.11 Å². The van der Waals surface area contributed by atoms with Crippen molar-refractivity contribution in [2.24, 2.45) is 0 Å². The Bertz CT molecular complexity index is 494. The smallest absolute Gasteiger partial charge is 0.140 e. The molecule has 0 aliphatic carbocycles. The van der Waals surface area contributed by atoms with Gasteiger partial charge in [-0.15, -0.1) is 0 Å². The first-order valence-corrected chi connectivity index (χ1v) is 6.43. The first-order valence-electron chi connectivity index (χ1n) is 6.43. The van der Waals surface area contributed by atoms with E-state index >= 15 is 0 Å². The molecule has 1 aromatic rings. The molecule has 2 atom stereocenters. The number of nitrogens with zero attached hydrogens (tertiary/aromatic N) is 3. The Balaban J connectivity index is 1.94. The fourth-order valence-electron chi connectivity index (χ4n) is 3.46. The lowest BCUT2D eigenvalue weighted by molar-refractivity contribution is -0.0493. The molecule has 3 rings (SSSR count). The molecule has 0 saturated carbocycles. The van der Waals surface area contributed by atoms with E-state index in [1.165, 1.54) is 12.8 Å². The zero-order chi connectivity index (χ0) is 12.8. The quantitative estimate of drug-likeness (QED) is 0.810. The van der Waals surface area contributed by atoms with Crippen molar-refractivity contribution < 1.29 is 5.11 Å². The van der Waals surface area contributed by atoms with Gasteiger partial charge in [-0.3, -0.25) is 0 Å². The lowest BCUT2D eigenvalue weighted by atomic mass is 9.81. The summed E-state index contributed by atoms with van der Waals surface area (Å²) in [4.78, 5) is 6.36. The van der Waals surface area contributed by atoms with Crippen molar-refractivity contribution in [3.63, 3.8) is 0 Å². The number of rotatable bonds is 1. The number of aliphatic hydroxyl groups is 1. The number of hydrogen-bond acceptors (Lipinski definition) is 4. The number of nitriles is 1. The van der Waals surface area contributed by atoms with Gasteiger partial charge in [-0.05, 0) is 50.4 Å². The van der Waals surface area contributed by atoms with Crippen LogP contribution in [0.3, 0.4) is 0 Å². The number of hydrogen-bond donors (Lipinski definition) is 1. The van der Waals surface area contributed by atoms with Gasteiger partial charge in [-0.1, -0.05) is 0 Å². The van der Waals surface area contributed by atoms with Crippen LogP contribution in [-0.2, 0) is 5.60 Å². The summed E-state index contributed by atoms with van der Waals surface area (Å²) in [5.41, 5.74) is 0.443. The maximum absolute atomic E-state index is 10.9. The van der Waals surface area contributed by atoms with Crippen molar-refractivity contribution in [3.05, 3.63) is 29.6 Å². The van der Waals surface area contributed by atoms with Gasteiger partial charge in [0.15, 0.2) is 0 Å². The van der Waals surface area contributed by atoms with Crippen molar-refractivity contribution in [3.8, 4) is 6.07 Å². The van der Waals surface area contributed by atoms with Gasteiger partial charge < -0.3 is 10.0 Å². The van der Waals surface area contributed by atoms with Crippen molar-refractivity contribution in [1.29, 1.82) is 5.26 Å². The third kappa shape index (κ3) is 1.71. The Morgan fingerprint density at radius 3 is 2.72 bits per heavy atom. The molecule has 1 aromatic heterocycles. The molecule has 2 unspecified atom stereocenters. The summed E-state index contributed by atoms with van der Waals surface area (Å²) in [6.45, 7) is 0. The van der Waals surface area contributed by atoms with Crippen LogP contribution in [0.4, 0.5) is 0 Å². The molecule has 4 nitrogen and oxygen atoms in total. The van der Waals surface area contributed by atoms with Crippen LogP contribution in [0.1, 0.15) is 36.9 Å². The predicted molar refractivity (Wildman–Crippen MR) is 66.7 cm³/mol. The SMILES string of the molecule is CN1C2CCC1CC(O)(c1ccnc(C#N)c1)C2. The van der Waals surface area contributed by atoms with Crippen molar-refractivity contribution in [1.82, 2.24) is 9.88 Å². The zero-order valence-corrected chi connectivity index (χ0v) is 10.5. The largest absolute Gasteiger partial charge is 0.385 e. The fourth-order valence-corrected chi connectivity index (χ4v) is 3.46.